The van der Waals surface area contributed by atoms with Gasteiger partial charge in [-0.05, 0) is 90.0 Å². The van der Waals surface area contributed by atoms with Crippen molar-refractivity contribution < 1.29 is 8.83 Å². The van der Waals surface area contributed by atoms with Crippen molar-refractivity contribution in [3.8, 4) is 27.9 Å². The van der Waals surface area contributed by atoms with E-state index in [1.54, 1.807) is 0 Å². The highest BCUT2D eigenvalue weighted by Crippen LogP contribution is 2.49. The summed E-state index contributed by atoms with van der Waals surface area (Å²) in [5, 5.41) is 6.79. The molecule has 0 spiro atoms. The third-order valence-corrected chi connectivity index (χ3v) is 11.6. The third-order valence-electron chi connectivity index (χ3n) is 11.6. The minimum atomic E-state index is 0.880. The van der Waals surface area contributed by atoms with Gasteiger partial charge in [0.25, 0.3) is 0 Å². The molecule has 0 N–H and O–H groups in total. The Kier molecular flexibility index (Phi) is 7.20. The van der Waals surface area contributed by atoms with E-state index in [2.05, 4.69) is 191 Å². The molecule has 0 bridgehead atoms. The maximum Gasteiger partial charge on any atom is 0.135 e. The number of rotatable bonds is 6. The molecule has 0 saturated heterocycles. The van der Waals surface area contributed by atoms with Crippen LogP contribution in [-0.4, -0.2) is 4.57 Å². The molecule has 9 aromatic carbocycles. The fourth-order valence-electron chi connectivity index (χ4n) is 9.04. The molecule has 3 aromatic heterocycles. The van der Waals surface area contributed by atoms with Gasteiger partial charge in [0.05, 0.1) is 28.1 Å². The maximum atomic E-state index is 6.28. The zero-order chi connectivity index (χ0) is 38.2. The lowest BCUT2D eigenvalue weighted by Crippen LogP contribution is -2.13. The fourth-order valence-corrected chi connectivity index (χ4v) is 9.04. The first-order chi connectivity index (χ1) is 28.8. The van der Waals surface area contributed by atoms with Gasteiger partial charge in [0, 0.05) is 49.1 Å². The summed E-state index contributed by atoms with van der Waals surface area (Å²) in [5.41, 5.74) is 14.7. The summed E-state index contributed by atoms with van der Waals surface area (Å²) in [5.74, 6) is 0. The van der Waals surface area contributed by atoms with Crippen LogP contribution in [0.15, 0.2) is 215 Å². The van der Waals surface area contributed by atoms with Gasteiger partial charge in [0.15, 0.2) is 0 Å². The molecule has 272 valence electrons. The lowest BCUT2D eigenvalue weighted by Gasteiger charge is -2.30. The summed E-state index contributed by atoms with van der Waals surface area (Å²) in [7, 11) is 0. The first-order valence-corrected chi connectivity index (χ1v) is 19.7. The van der Waals surface area contributed by atoms with Gasteiger partial charge in [-0.15, -0.1) is 0 Å². The van der Waals surface area contributed by atoms with E-state index >= 15 is 0 Å². The lowest BCUT2D eigenvalue weighted by atomic mass is 9.96. The monoisotopic (exact) mass is 742 g/mol. The third kappa shape index (κ3) is 4.95. The normalized spacial score (nSPS) is 11.8. The number of hydrogen-bond acceptors (Lipinski definition) is 3. The molecule has 3 heterocycles. The number of para-hydroxylation sites is 6. The molecule has 0 fully saturated rings. The average Bonchev–Trinajstić information content (AvgIpc) is 3.96. The van der Waals surface area contributed by atoms with E-state index in [-0.39, 0.29) is 0 Å². The summed E-state index contributed by atoms with van der Waals surface area (Å²) in [6, 6.07) is 73.5. The number of fused-ring (bicyclic) bond motifs is 9. The van der Waals surface area contributed by atoms with Gasteiger partial charge in [0.2, 0.25) is 0 Å². The summed E-state index contributed by atoms with van der Waals surface area (Å²) in [6.45, 7) is 0. The van der Waals surface area contributed by atoms with Crippen molar-refractivity contribution in [2.24, 2.45) is 0 Å². The fraction of sp³-hybridized carbons (Fsp3) is 0. The van der Waals surface area contributed by atoms with Crippen LogP contribution in [0.2, 0.25) is 0 Å². The first kappa shape index (κ1) is 32.4. The highest BCUT2D eigenvalue weighted by molar-refractivity contribution is 6.18. The van der Waals surface area contributed by atoms with Crippen LogP contribution in [0.4, 0.5) is 17.1 Å². The Hall–Kier alpha value is -7.82. The Bertz CT molecular complexity index is 3380. The van der Waals surface area contributed by atoms with E-state index in [0.29, 0.717) is 0 Å². The SMILES string of the molecule is c1ccc(-n2c3ccccc3c3c(N(c4ccccc4-c4ccc5oc6ccccc6c5c4)c4ccccc4-c4ccc5oc6ccccc6c5c4)cccc32)cc1. The zero-order valence-corrected chi connectivity index (χ0v) is 31.3. The summed E-state index contributed by atoms with van der Waals surface area (Å²) >= 11 is 0. The van der Waals surface area contributed by atoms with Gasteiger partial charge < -0.3 is 18.3 Å². The second-order valence-electron chi connectivity index (χ2n) is 14.8. The van der Waals surface area contributed by atoms with E-state index in [1.807, 2.05) is 24.3 Å². The molecule has 12 rings (SSSR count). The lowest BCUT2D eigenvalue weighted by molar-refractivity contribution is 0.668. The van der Waals surface area contributed by atoms with Crippen LogP contribution in [-0.2, 0) is 0 Å². The Labute approximate surface area is 334 Å². The smallest absolute Gasteiger partial charge is 0.135 e. The summed E-state index contributed by atoms with van der Waals surface area (Å²) in [6.07, 6.45) is 0. The minimum absolute atomic E-state index is 0.880. The molecular weight excluding hydrogens is 709 g/mol. The van der Waals surface area contributed by atoms with Crippen molar-refractivity contribution in [1.29, 1.82) is 0 Å². The molecule has 0 amide bonds. The van der Waals surface area contributed by atoms with Crippen LogP contribution < -0.4 is 4.90 Å². The summed E-state index contributed by atoms with van der Waals surface area (Å²) < 4.78 is 15.0. The highest BCUT2D eigenvalue weighted by Gasteiger charge is 2.25. The predicted molar refractivity (Wildman–Crippen MR) is 241 cm³/mol. The number of anilines is 3. The standard InChI is InChI=1S/C54H34N2O2/c1-2-15-37(16-3-1)55-47-24-11-6-21-42(47)54-48(55)25-14-26-49(54)56(45-22-9-4-17-38(45)35-29-31-52-43(33-35)40-19-7-12-27-50(40)57-52)46-23-10-5-18-39(46)36-30-32-53-44(34-36)41-20-8-13-28-51(41)58-53/h1-34H. The highest BCUT2D eigenvalue weighted by atomic mass is 16.3. The molecule has 0 aliphatic carbocycles. The van der Waals surface area contributed by atoms with E-state index in [0.717, 1.165) is 99.9 Å². The molecule has 12 aromatic rings. The Morgan fingerprint density at radius 3 is 1.41 bits per heavy atom. The van der Waals surface area contributed by atoms with Crippen LogP contribution >= 0.6 is 0 Å². The molecule has 0 aliphatic heterocycles. The van der Waals surface area contributed by atoms with Gasteiger partial charge in [0.1, 0.15) is 22.3 Å². The van der Waals surface area contributed by atoms with Crippen LogP contribution in [0.25, 0.3) is 93.6 Å². The number of benzene rings is 9. The second kappa shape index (κ2) is 12.9. The maximum absolute atomic E-state index is 6.28. The van der Waals surface area contributed by atoms with Crippen LogP contribution in [0.5, 0.6) is 0 Å². The van der Waals surface area contributed by atoms with Gasteiger partial charge in [-0.25, -0.2) is 0 Å². The number of nitrogens with zero attached hydrogens (tertiary/aromatic N) is 2. The molecule has 0 saturated carbocycles. The van der Waals surface area contributed by atoms with Crippen LogP contribution in [0, 0.1) is 0 Å². The number of aromatic nitrogens is 1. The molecular formula is C54H34N2O2. The van der Waals surface area contributed by atoms with E-state index in [4.69, 9.17) is 8.83 Å². The van der Waals surface area contributed by atoms with Gasteiger partial charge in [-0.1, -0.05) is 127 Å². The van der Waals surface area contributed by atoms with Crippen LogP contribution in [0.1, 0.15) is 0 Å². The average molecular weight is 743 g/mol. The van der Waals surface area contributed by atoms with E-state index in [1.165, 1.54) is 10.8 Å². The Balaban J connectivity index is 1.16. The van der Waals surface area contributed by atoms with Gasteiger partial charge in [-0.2, -0.15) is 0 Å². The molecule has 0 aliphatic rings. The molecule has 0 atom stereocenters. The van der Waals surface area contributed by atoms with Crippen molar-refractivity contribution in [2.75, 3.05) is 4.90 Å². The largest absolute Gasteiger partial charge is 0.456 e. The van der Waals surface area contributed by atoms with Gasteiger partial charge >= 0.3 is 0 Å². The molecule has 4 heteroatoms. The Morgan fingerprint density at radius 1 is 0.328 bits per heavy atom. The second-order valence-corrected chi connectivity index (χ2v) is 14.8. The van der Waals surface area contributed by atoms with Gasteiger partial charge in [-0.3, -0.25) is 0 Å². The number of furan rings is 2. The number of hydrogen-bond donors (Lipinski definition) is 0. The first-order valence-electron chi connectivity index (χ1n) is 19.7. The topological polar surface area (TPSA) is 34.5 Å². The van der Waals surface area contributed by atoms with E-state index in [9.17, 15) is 0 Å². The molecule has 0 radical (unpaired) electrons. The van der Waals surface area contributed by atoms with Crippen molar-refractivity contribution in [3.63, 3.8) is 0 Å². The van der Waals surface area contributed by atoms with Crippen molar-refractivity contribution in [1.82, 2.24) is 4.57 Å². The Morgan fingerprint density at radius 2 is 0.793 bits per heavy atom. The van der Waals surface area contributed by atoms with Crippen molar-refractivity contribution in [2.45, 2.75) is 0 Å². The predicted octanol–water partition coefficient (Wildman–Crippen LogP) is 15.4. The van der Waals surface area contributed by atoms with Crippen molar-refractivity contribution in [3.05, 3.63) is 206 Å². The van der Waals surface area contributed by atoms with Crippen molar-refractivity contribution >= 4 is 82.7 Å². The molecule has 0 unspecified atom stereocenters. The quantitative estimate of drug-likeness (QED) is 0.170. The van der Waals surface area contributed by atoms with Crippen LogP contribution in [0.3, 0.4) is 0 Å². The minimum Gasteiger partial charge on any atom is -0.456 e. The summed E-state index contributed by atoms with van der Waals surface area (Å²) in [4.78, 5) is 2.48. The van der Waals surface area contributed by atoms with E-state index < -0.39 is 0 Å². The molecule has 58 heavy (non-hydrogen) atoms. The zero-order valence-electron chi connectivity index (χ0n) is 31.3. The molecule has 4 nitrogen and oxygen atoms in total.